The number of hydrogen-bond acceptors (Lipinski definition) is 4. The summed E-state index contributed by atoms with van der Waals surface area (Å²) in [7, 11) is 0. The summed E-state index contributed by atoms with van der Waals surface area (Å²) in [6, 6.07) is 8.27. The van der Waals surface area contributed by atoms with Crippen molar-refractivity contribution in [2.75, 3.05) is 18.4 Å². The molecule has 3 aromatic rings. The van der Waals surface area contributed by atoms with E-state index in [-0.39, 0.29) is 5.91 Å². The van der Waals surface area contributed by atoms with Crippen molar-refractivity contribution in [3.8, 4) is 0 Å². The van der Waals surface area contributed by atoms with Gasteiger partial charge in [0.2, 0.25) is 0 Å². The van der Waals surface area contributed by atoms with E-state index in [1.165, 1.54) is 17.1 Å². The van der Waals surface area contributed by atoms with Crippen LogP contribution in [0.5, 0.6) is 0 Å². The molecular formula is C20H25N5O. The normalized spacial score (nSPS) is 10.8. The van der Waals surface area contributed by atoms with Crippen LogP contribution in [0.4, 0.5) is 5.82 Å². The Morgan fingerprint density at radius 3 is 2.81 bits per heavy atom. The number of H-pyrrole nitrogens is 1. The summed E-state index contributed by atoms with van der Waals surface area (Å²) in [5, 5.41) is 7.37. The highest BCUT2D eigenvalue weighted by molar-refractivity contribution is 5.92. The molecule has 0 saturated carbocycles. The van der Waals surface area contributed by atoms with E-state index >= 15 is 0 Å². The summed E-state index contributed by atoms with van der Waals surface area (Å²) in [5.41, 5.74) is 2.77. The standard InChI is InChI=1S/C20H25N5O/c1-2-3-6-10-22-20(26)18-13-25-19(14-24-18)21-11-9-15-12-23-17-8-5-4-7-16(15)17/h4-5,7-8,12-14,23H,2-3,6,9-11H2,1H3,(H,21,25)(H,22,26). The lowest BCUT2D eigenvalue weighted by Crippen LogP contribution is -2.25. The summed E-state index contributed by atoms with van der Waals surface area (Å²) in [6.45, 7) is 3.57. The number of anilines is 1. The molecule has 2 heterocycles. The number of nitrogens with zero attached hydrogens (tertiary/aromatic N) is 2. The fraction of sp³-hybridized carbons (Fsp3) is 0.350. The topological polar surface area (TPSA) is 82.7 Å². The van der Waals surface area contributed by atoms with Gasteiger partial charge in [-0.3, -0.25) is 4.79 Å². The van der Waals surface area contributed by atoms with Crippen molar-refractivity contribution in [2.24, 2.45) is 0 Å². The molecule has 2 aromatic heterocycles. The number of rotatable bonds is 9. The summed E-state index contributed by atoms with van der Waals surface area (Å²) >= 11 is 0. The molecule has 0 radical (unpaired) electrons. The molecule has 1 amide bonds. The number of carbonyl (C=O) groups is 1. The second-order valence-electron chi connectivity index (χ2n) is 6.29. The van der Waals surface area contributed by atoms with Crippen LogP contribution >= 0.6 is 0 Å². The lowest BCUT2D eigenvalue weighted by atomic mass is 10.1. The van der Waals surface area contributed by atoms with E-state index in [9.17, 15) is 4.79 Å². The van der Waals surface area contributed by atoms with Crippen molar-refractivity contribution < 1.29 is 4.79 Å². The molecule has 0 aliphatic carbocycles. The molecule has 1 aromatic carbocycles. The third-order valence-electron chi connectivity index (χ3n) is 4.33. The van der Waals surface area contributed by atoms with Crippen molar-refractivity contribution in [1.82, 2.24) is 20.3 Å². The first kappa shape index (κ1) is 17.9. The molecule has 6 heteroatoms. The van der Waals surface area contributed by atoms with Gasteiger partial charge in [0.25, 0.3) is 5.91 Å². The lowest BCUT2D eigenvalue weighted by Gasteiger charge is -2.06. The van der Waals surface area contributed by atoms with Crippen LogP contribution in [0.25, 0.3) is 10.9 Å². The molecule has 0 aliphatic rings. The molecule has 0 atom stereocenters. The highest BCUT2D eigenvalue weighted by Crippen LogP contribution is 2.18. The first-order valence-corrected chi connectivity index (χ1v) is 9.17. The van der Waals surface area contributed by atoms with E-state index in [2.05, 4.69) is 44.6 Å². The van der Waals surface area contributed by atoms with Crippen molar-refractivity contribution in [2.45, 2.75) is 32.6 Å². The van der Waals surface area contributed by atoms with E-state index in [1.54, 1.807) is 6.20 Å². The number of aromatic nitrogens is 3. The van der Waals surface area contributed by atoms with Gasteiger partial charge in [-0.15, -0.1) is 0 Å². The molecular weight excluding hydrogens is 326 g/mol. The number of fused-ring (bicyclic) bond motifs is 1. The SMILES string of the molecule is CCCCCNC(=O)c1cnc(NCCc2c[nH]c3ccccc23)cn1. The van der Waals surface area contributed by atoms with E-state index in [4.69, 9.17) is 0 Å². The number of amides is 1. The lowest BCUT2D eigenvalue weighted by molar-refractivity contribution is 0.0947. The third-order valence-corrected chi connectivity index (χ3v) is 4.33. The maximum Gasteiger partial charge on any atom is 0.271 e. The smallest absolute Gasteiger partial charge is 0.271 e. The summed E-state index contributed by atoms with van der Waals surface area (Å²) in [6.07, 6.45) is 9.29. The van der Waals surface area contributed by atoms with Crippen LogP contribution in [-0.4, -0.2) is 33.9 Å². The summed E-state index contributed by atoms with van der Waals surface area (Å²) in [4.78, 5) is 23.7. The van der Waals surface area contributed by atoms with Crippen LogP contribution in [0.1, 0.15) is 42.2 Å². The maximum atomic E-state index is 12.0. The molecule has 0 fully saturated rings. The second-order valence-corrected chi connectivity index (χ2v) is 6.29. The molecule has 3 rings (SSSR count). The first-order valence-electron chi connectivity index (χ1n) is 9.17. The maximum absolute atomic E-state index is 12.0. The zero-order valence-corrected chi connectivity index (χ0v) is 15.1. The van der Waals surface area contributed by atoms with Gasteiger partial charge in [0.05, 0.1) is 12.4 Å². The van der Waals surface area contributed by atoms with Gasteiger partial charge < -0.3 is 15.6 Å². The Labute approximate surface area is 153 Å². The first-order chi connectivity index (χ1) is 12.8. The van der Waals surface area contributed by atoms with E-state index in [0.717, 1.165) is 37.7 Å². The molecule has 6 nitrogen and oxygen atoms in total. The average Bonchev–Trinajstić information content (AvgIpc) is 3.09. The van der Waals surface area contributed by atoms with E-state index in [1.807, 2.05) is 18.3 Å². The van der Waals surface area contributed by atoms with Crippen LogP contribution in [0, 0.1) is 0 Å². The van der Waals surface area contributed by atoms with Crippen molar-refractivity contribution in [1.29, 1.82) is 0 Å². The van der Waals surface area contributed by atoms with Crippen LogP contribution in [0.3, 0.4) is 0 Å². The van der Waals surface area contributed by atoms with E-state index in [0.29, 0.717) is 18.1 Å². The number of aromatic amines is 1. The Kier molecular flexibility index (Phi) is 6.19. The monoisotopic (exact) mass is 351 g/mol. The van der Waals surface area contributed by atoms with Gasteiger partial charge in [-0.25, -0.2) is 9.97 Å². The Morgan fingerprint density at radius 1 is 1.12 bits per heavy atom. The predicted octanol–water partition coefficient (Wildman–Crippen LogP) is 3.53. The van der Waals surface area contributed by atoms with Gasteiger partial charge in [-0.1, -0.05) is 38.0 Å². The Morgan fingerprint density at radius 2 is 2.00 bits per heavy atom. The summed E-state index contributed by atoms with van der Waals surface area (Å²) in [5.74, 6) is 0.506. The van der Waals surface area contributed by atoms with Gasteiger partial charge in [-0.05, 0) is 24.5 Å². The van der Waals surface area contributed by atoms with Crippen molar-refractivity contribution in [3.63, 3.8) is 0 Å². The number of carbonyl (C=O) groups excluding carboxylic acids is 1. The molecule has 136 valence electrons. The zero-order valence-electron chi connectivity index (χ0n) is 15.1. The minimum absolute atomic E-state index is 0.168. The Balaban J connectivity index is 1.47. The minimum atomic E-state index is -0.168. The average molecular weight is 351 g/mol. The fourth-order valence-electron chi connectivity index (χ4n) is 2.87. The highest BCUT2D eigenvalue weighted by Gasteiger charge is 2.07. The molecule has 26 heavy (non-hydrogen) atoms. The molecule has 3 N–H and O–H groups in total. The number of para-hydroxylation sites is 1. The minimum Gasteiger partial charge on any atom is -0.368 e. The fourth-order valence-corrected chi connectivity index (χ4v) is 2.87. The zero-order chi connectivity index (χ0) is 18.2. The van der Waals surface area contributed by atoms with Crippen molar-refractivity contribution >= 4 is 22.6 Å². The predicted molar refractivity (Wildman–Crippen MR) is 104 cm³/mol. The number of hydrogen-bond donors (Lipinski definition) is 3. The molecule has 0 unspecified atom stereocenters. The van der Waals surface area contributed by atoms with Gasteiger partial charge in [-0.2, -0.15) is 0 Å². The summed E-state index contributed by atoms with van der Waals surface area (Å²) < 4.78 is 0. The number of unbranched alkanes of at least 4 members (excludes halogenated alkanes) is 2. The van der Waals surface area contributed by atoms with Gasteiger partial charge in [0.15, 0.2) is 0 Å². The van der Waals surface area contributed by atoms with Gasteiger partial charge in [0.1, 0.15) is 11.5 Å². The molecule has 0 aliphatic heterocycles. The third kappa shape index (κ3) is 4.59. The van der Waals surface area contributed by atoms with Gasteiger partial charge in [0, 0.05) is 30.2 Å². The number of benzene rings is 1. The molecule has 0 spiro atoms. The molecule has 0 saturated heterocycles. The second kappa shape index (κ2) is 8.99. The van der Waals surface area contributed by atoms with E-state index < -0.39 is 0 Å². The van der Waals surface area contributed by atoms with Crippen molar-refractivity contribution in [3.05, 3.63) is 54.1 Å². The van der Waals surface area contributed by atoms with Crippen LogP contribution < -0.4 is 10.6 Å². The number of nitrogens with one attached hydrogen (secondary N) is 3. The Bertz CT molecular complexity index is 841. The van der Waals surface area contributed by atoms with Crippen LogP contribution in [0.2, 0.25) is 0 Å². The van der Waals surface area contributed by atoms with Crippen LogP contribution in [0.15, 0.2) is 42.9 Å². The molecule has 0 bridgehead atoms. The Hall–Kier alpha value is -2.89. The van der Waals surface area contributed by atoms with Crippen LogP contribution in [-0.2, 0) is 6.42 Å². The largest absolute Gasteiger partial charge is 0.368 e. The quantitative estimate of drug-likeness (QED) is 0.515. The highest BCUT2D eigenvalue weighted by atomic mass is 16.1. The van der Waals surface area contributed by atoms with Gasteiger partial charge >= 0.3 is 0 Å².